The van der Waals surface area contributed by atoms with E-state index >= 15 is 0 Å². The molecule has 0 unspecified atom stereocenters. The predicted molar refractivity (Wildman–Crippen MR) is 117 cm³/mol. The molecule has 0 saturated carbocycles. The average molecular weight is 465 g/mol. The first-order chi connectivity index (χ1) is 15.8. The Hall–Kier alpha value is -4.37. The lowest BCUT2D eigenvalue weighted by atomic mass is 9.82. The zero-order chi connectivity index (χ0) is 23.7. The second kappa shape index (κ2) is 8.64. The van der Waals surface area contributed by atoms with E-state index in [2.05, 4.69) is 5.32 Å². The van der Waals surface area contributed by atoms with Gasteiger partial charge in [0.1, 0.15) is 0 Å². The van der Waals surface area contributed by atoms with Gasteiger partial charge in [0.2, 0.25) is 0 Å². The van der Waals surface area contributed by atoms with Crippen LogP contribution in [0.15, 0.2) is 60.7 Å². The number of ketones is 2. The Labute approximate surface area is 191 Å². The molecule has 4 rings (SSSR count). The number of non-ortho nitro benzene ring substituents is 1. The van der Waals surface area contributed by atoms with Gasteiger partial charge >= 0.3 is 5.97 Å². The van der Waals surface area contributed by atoms with E-state index in [-0.39, 0.29) is 44.2 Å². The van der Waals surface area contributed by atoms with E-state index in [1.165, 1.54) is 42.5 Å². The molecule has 0 saturated heterocycles. The van der Waals surface area contributed by atoms with Crippen molar-refractivity contribution in [2.24, 2.45) is 0 Å². The van der Waals surface area contributed by atoms with E-state index in [1.807, 2.05) is 0 Å². The van der Waals surface area contributed by atoms with Crippen LogP contribution in [0.2, 0.25) is 5.02 Å². The van der Waals surface area contributed by atoms with E-state index in [0.717, 1.165) is 6.07 Å². The zero-order valence-electron chi connectivity index (χ0n) is 16.7. The summed E-state index contributed by atoms with van der Waals surface area (Å²) in [6.45, 7) is -0.750. The maximum atomic E-state index is 13.0. The fourth-order valence-electron chi connectivity index (χ4n) is 3.43. The second-order valence-corrected chi connectivity index (χ2v) is 7.38. The van der Waals surface area contributed by atoms with Crippen LogP contribution in [0.3, 0.4) is 0 Å². The smallest absolute Gasteiger partial charge is 0.339 e. The summed E-state index contributed by atoms with van der Waals surface area (Å²) in [5, 5.41) is 13.3. The standard InChI is InChI=1S/C23H13ClN2O7/c24-17-9-8-12(26(31)32)10-18(17)25-19(27)11-33-23(30)16-7-3-6-15-20(16)22(29)14-5-2-1-4-13(14)21(15)28/h1-10H,11H2,(H,25,27). The summed E-state index contributed by atoms with van der Waals surface area (Å²) >= 11 is 5.94. The van der Waals surface area contributed by atoms with Gasteiger partial charge in [0.25, 0.3) is 11.6 Å². The Balaban J connectivity index is 1.52. The molecular weight excluding hydrogens is 452 g/mol. The fraction of sp³-hybridized carbons (Fsp3) is 0.0435. The first-order valence-corrected chi connectivity index (χ1v) is 9.88. The monoisotopic (exact) mass is 464 g/mol. The molecule has 1 N–H and O–H groups in total. The molecule has 0 aliphatic heterocycles. The molecule has 0 spiro atoms. The number of carbonyl (C=O) groups is 4. The highest BCUT2D eigenvalue weighted by Crippen LogP contribution is 2.30. The molecular formula is C23H13ClN2O7. The van der Waals surface area contributed by atoms with Crippen molar-refractivity contribution in [2.75, 3.05) is 11.9 Å². The van der Waals surface area contributed by atoms with Gasteiger partial charge in [-0.1, -0.05) is 48.0 Å². The summed E-state index contributed by atoms with van der Waals surface area (Å²) in [5.74, 6) is -2.68. The van der Waals surface area contributed by atoms with Gasteiger partial charge in [-0.2, -0.15) is 0 Å². The van der Waals surface area contributed by atoms with Crippen LogP contribution in [0.4, 0.5) is 11.4 Å². The number of benzene rings is 3. The molecule has 0 atom stereocenters. The lowest BCUT2D eigenvalue weighted by molar-refractivity contribution is -0.384. The Kier molecular flexibility index (Phi) is 5.72. The number of fused-ring (bicyclic) bond motifs is 2. The Morgan fingerprint density at radius 1 is 0.939 bits per heavy atom. The first kappa shape index (κ1) is 21.8. The third kappa shape index (κ3) is 4.09. The number of amides is 1. The topological polar surface area (TPSA) is 133 Å². The number of nitrogens with zero attached hydrogens (tertiary/aromatic N) is 1. The van der Waals surface area contributed by atoms with Gasteiger partial charge in [-0.3, -0.25) is 24.5 Å². The van der Waals surface area contributed by atoms with Crippen molar-refractivity contribution in [1.82, 2.24) is 0 Å². The first-order valence-electron chi connectivity index (χ1n) is 9.50. The number of nitrogens with one attached hydrogen (secondary N) is 1. The molecule has 0 aromatic heterocycles. The van der Waals surface area contributed by atoms with Crippen molar-refractivity contribution in [3.8, 4) is 0 Å². The SMILES string of the molecule is O=C(COC(=O)c1cccc2c1C(=O)c1ccccc1C2=O)Nc1cc([N+](=O)[O-])ccc1Cl. The molecule has 0 bridgehead atoms. The maximum Gasteiger partial charge on any atom is 0.339 e. The van der Waals surface area contributed by atoms with Crippen molar-refractivity contribution < 1.29 is 28.8 Å². The predicted octanol–water partition coefficient (Wildman–Crippen LogP) is 3.82. The molecule has 1 aliphatic carbocycles. The summed E-state index contributed by atoms with van der Waals surface area (Å²) in [6.07, 6.45) is 0. The van der Waals surface area contributed by atoms with Gasteiger partial charge in [0, 0.05) is 34.4 Å². The van der Waals surface area contributed by atoms with Crippen molar-refractivity contribution in [3.63, 3.8) is 0 Å². The summed E-state index contributed by atoms with van der Waals surface area (Å²) in [6, 6.07) is 14.0. The minimum atomic E-state index is -0.979. The minimum Gasteiger partial charge on any atom is -0.452 e. The summed E-state index contributed by atoms with van der Waals surface area (Å²) in [5.41, 5.74) is -0.0645. The number of halogens is 1. The molecule has 3 aromatic rings. The largest absolute Gasteiger partial charge is 0.452 e. The van der Waals surface area contributed by atoms with Crippen molar-refractivity contribution >= 4 is 46.4 Å². The number of hydrogen-bond donors (Lipinski definition) is 1. The lowest BCUT2D eigenvalue weighted by Crippen LogP contribution is -2.26. The van der Waals surface area contributed by atoms with E-state index in [9.17, 15) is 29.3 Å². The highest BCUT2D eigenvalue weighted by molar-refractivity contribution is 6.34. The third-order valence-electron chi connectivity index (χ3n) is 4.94. The quantitative estimate of drug-likeness (QED) is 0.269. The minimum absolute atomic E-state index is 0.0265. The number of rotatable bonds is 5. The van der Waals surface area contributed by atoms with Gasteiger partial charge < -0.3 is 10.1 Å². The number of hydrogen-bond acceptors (Lipinski definition) is 7. The van der Waals surface area contributed by atoms with Crippen molar-refractivity contribution in [1.29, 1.82) is 0 Å². The highest BCUT2D eigenvalue weighted by atomic mass is 35.5. The molecule has 164 valence electrons. The van der Waals surface area contributed by atoms with Crippen LogP contribution in [0.5, 0.6) is 0 Å². The summed E-state index contributed by atoms with van der Waals surface area (Å²) < 4.78 is 5.03. The van der Waals surface area contributed by atoms with Crippen LogP contribution < -0.4 is 5.32 Å². The van der Waals surface area contributed by atoms with Crippen LogP contribution in [-0.2, 0) is 9.53 Å². The van der Waals surface area contributed by atoms with Gasteiger partial charge in [0.15, 0.2) is 18.2 Å². The van der Waals surface area contributed by atoms with Crippen molar-refractivity contribution in [2.45, 2.75) is 0 Å². The van der Waals surface area contributed by atoms with E-state index in [0.29, 0.717) is 0 Å². The number of nitro benzene ring substituents is 1. The molecule has 0 heterocycles. The van der Waals surface area contributed by atoms with Crippen LogP contribution in [0, 0.1) is 10.1 Å². The van der Waals surface area contributed by atoms with Gasteiger partial charge in [0.05, 0.1) is 21.2 Å². The van der Waals surface area contributed by atoms with E-state index in [1.54, 1.807) is 12.1 Å². The third-order valence-corrected chi connectivity index (χ3v) is 5.27. The van der Waals surface area contributed by atoms with Crippen LogP contribution in [-0.4, -0.2) is 35.0 Å². The number of carbonyl (C=O) groups excluding carboxylic acids is 4. The Morgan fingerprint density at radius 2 is 1.61 bits per heavy atom. The molecule has 1 amide bonds. The zero-order valence-corrected chi connectivity index (χ0v) is 17.4. The van der Waals surface area contributed by atoms with Crippen molar-refractivity contribution in [3.05, 3.63) is 104 Å². The Morgan fingerprint density at radius 3 is 2.30 bits per heavy atom. The summed E-state index contributed by atoms with van der Waals surface area (Å²) in [4.78, 5) is 60.9. The van der Waals surface area contributed by atoms with Gasteiger partial charge in [-0.15, -0.1) is 0 Å². The van der Waals surface area contributed by atoms with Gasteiger partial charge in [-0.25, -0.2) is 4.79 Å². The van der Waals surface area contributed by atoms with E-state index in [4.69, 9.17) is 16.3 Å². The normalized spacial score (nSPS) is 11.9. The lowest BCUT2D eigenvalue weighted by Gasteiger charge is -2.19. The molecule has 9 nitrogen and oxygen atoms in total. The van der Waals surface area contributed by atoms with Crippen LogP contribution in [0.1, 0.15) is 42.2 Å². The number of nitro groups is 1. The number of anilines is 1. The van der Waals surface area contributed by atoms with Gasteiger partial charge in [-0.05, 0) is 12.1 Å². The Bertz CT molecular complexity index is 1370. The second-order valence-electron chi connectivity index (χ2n) is 6.98. The van der Waals surface area contributed by atoms with Crippen LogP contribution >= 0.6 is 11.6 Å². The molecule has 1 aliphatic rings. The maximum absolute atomic E-state index is 13.0. The number of ether oxygens (including phenoxy) is 1. The van der Waals surface area contributed by atoms with E-state index < -0.39 is 35.0 Å². The molecule has 0 radical (unpaired) electrons. The fourth-order valence-corrected chi connectivity index (χ4v) is 3.60. The van der Waals surface area contributed by atoms with Crippen LogP contribution in [0.25, 0.3) is 0 Å². The molecule has 0 fully saturated rings. The molecule has 10 heteroatoms. The average Bonchev–Trinajstić information content (AvgIpc) is 2.81. The highest BCUT2D eigenvalue weighted by Gasteiger charge is 2.33. The molecule has 3 aromatic carbocycles. The summed E-state index contributed by atoms with van der Waals surface area (Å²) in [7, 11) is 0. The number of esters is 1. The molecule has 33 heavy (non-hydrogen) atoms.